The fraction of sp³-hybridized carbons (Fsp3) is 0.125. The van der Waals surface area contributed by atoms with Crippen LogP contribution < -0.4 is 4.74 Å². The van der Waals surface area contributed by atoms with Gasteiger partial charge in [-0.1, -0.05) is 0 Å². The Morgan fingerprint density at radius 2 is 2.33 bits per heavy atom. The van der Waals surface area contributed by atoms with Gasteiger partial charge in [0.05, 0.1) is 24.9 Å². The Morgan fingerprint density at radius 3 is 3.00 bits per heavy atom. The smallest absolute Gasteiger partial charge is 0.119 e. The third kappa shape index (κ3) is 2.39. The first kappa shape index (κ1) is 13.0. The number of hydrogen-bond acceptors (Lipinski definition) is 3. The van der Waals surface area contributed by atoms with E-state index in [4.69, 9.17) is 4.74 Å². The summed E-state index contributed by atoms with van der Waals surface area (Å²) in [5, 5.41) is 14.5. The molecule has 0 amide bonds. The van der Waals surface area contributed by atoms with Gasteiger partial charge in [-0.2, -0.15) is 10.4 Å². The van der Waals surface area contributed by atoms with Crippen molar-refractivity contribution in [2.45, 2.75) is 0 Å². The van der Waals surface area contributed by atoms with E-state index in [2.05, 4.69) is 16.2 Å². The van der Waals surface area contributed by atoms with Crippen LogP contribution in [0.2, 0.25) is 0 Å². The van der Waals surface area contributed by atoms with Crippen LogP contribution in [-0.2, 0) is 7.05 Å². The largest absolute Gasteiger partial charge is 0.497 e. The van der Waals surface area contributed by atoms with Crippen molar-refractivity contribution in [1.29, 1.82) is 5.26 Å². The molecule has 2 aromatic heterocycles. The summed E-state index contributed by atoms with van der Waals surface area (Å²) >= 11 is 0. The maximum atomic E-state index is 9.46. The first-order valence-corrected chi connectivity index (χ1v) is 6.47. The zero-order valence-corrected chi connectivity index (χ0v) is 11.8. The fourth-order valence-corrected chi connectivity index (χ4v) is 2.30. The molecule has 0 unspecified atom stereocenters. The van der Waals surface area contributed by atoms with E-state index in [0.717, 1.165) is 27.8 Å². The van der Waals surface area contributed by atoms with Gasteiger partial charge in [0.15, 0.2) is 0 Å². The Balaban J connectivity index is 2.13. The van der Waals surface area contributed by atoms with Crippen molar-refractivity contribution >= 4 is 22.6 Å². The van der Waals surface area contributed by atoms with Crippen LogP contribution >= 0.6 is 0 Å². The fourth-order valence-electron chi connectivity index (χ4n) is 2.30. The van der Waals surface area contributed by atoms with E-state index < -0.39 is 0 Å². The normalized spacial score (nSPS) is 11.6. The average molecular weight is 278 g/mol. The molecule has 0 aliphatic rings. The number of methoxy groups -OCH3 is 1. The van der Waals surface area contributed by atoms with Gasteiger partial charge in [-0.05, 0) is 24.3 Å². The third-order valence-electron chi connectivity index (χ3n) is 3.34. The summed E-state index contributed by atoms with van der Waals surface area (Å²) in [4.78, 5) is 3.18. The third-order valence-corrected chi connectivity index (χ3v) is 3.34. The zero-order chi connectivity index (χ0) is 14.8. The second-order valence-corrected chi connectivity index (χ2v) is 4.73. The van der Waals surface area contributed by atoms with Crippen molar-refractivity contribution in [1.82, 2.24) is 14.8 Å². The summed E-state index contributed by atoms with van der Waals surface area (Å²) in [5.41, 5.74) is 3.31. The average Bonchev–Trinajstić information content (AvgIpc) is 3.10. The van der Waals surface area contributed by atoms with Gasteiger partial charge >= 0.3 is 0 Å². The number of nitrogens with one attached hydrogen (secondary N) is 1. The van der Waals surface area contributed by atoms with Gasteiger partial charge < -0.3 is 9.72 Å². The monoisotopic (exact) mass is 278 g/mol. The van der Waals surface area contributed by atoms with Crippen molar-refractivity contribution in [3.05, 3.63) is 47.9 Å². The molecule has 0 fully saturated rings. The van der Waals surface area contributed by atoms with Gasteiger partial charge in [-0.25, -0.2) is 0 Å². The summed E-state index contributed by atoms with van der Waals surface area (Å²) < 4.78 is 6.96. The number of rotatable bonds is 3. The molecule has 0 radical (unpaired) electrons. The standard InChI is InChI=1S/C16H14N4O/c1-20-10-11(8-19-20)5-12(7-17)15-9-18-16-4-3-13(21-2)6-14(15)16/h3-6,8-10,18H,1-2H3. The lowest BCUT2D eigenvalue weighted by molar-refractivity contribution is 0.415. The van der Waals surface area contributed by atoms with Crippen molar-refractivity contribution in [3.63, 3.8) is 0 Å². The van der Waals surface area contributed by atoms with Crippen molar-refractivity contribution < 1.29 is 4.74 Å². The Hall–Kier alpha value is -3.00. The van der Waals surface area contributed by atoms with Gasteiger partial charge in [0.1, 0.15) is 5.75 Å². The Bertz CT molecular complexity index is 864. The van der Waals surface area contributed by atoms with Gasteiger partial charge in [0.2, 0.25) is 0 Å². The molecule has 3 rings (SSSR count). The number of H-pyrrole nitrogens is 1. The molecule has 0 atom stereocenters. The quantitative estimate of drug-likeness (QED) is 0.749. The maximum Gasteiger partial charge on any atom is 0.119 e. The van der Waals surface area contributed by atoms with Crippen LogP contribution in [0.15, 0.2) is 36.8 Å². The number of fused-ring (bicyclic) bond motifs is 1. The predicted octanol–water partition coefficient (Wildman–Crippen LogP) is 2.97. The molecular formula is C16H14N4O. The molecule has 1 aromatic carbocycles. The second kappa shape index (κ2) is 5.17. The molecule has 5 nitrogen and oxygen atoms in total. The van der Waals surface area contributed by atoms with Gasteiger partial charge in [0, 0.05) is 41.5 Å². The lowest BCUT2D eigenvalue weighted by atomic mass is 10.0. The second-order valence-electron chi connectivity index (χ2n) is 4.73. The van der Waals surface area contributed by atoms with Crippen LogP contribution in [0.3, 0.4) is 0 Å². The van der Waals surface area contributed by atoms with Crippen molar-refractivity contribution in [2.24, 2.45) is 7.05 Å². The lowest BCUT2D eigenvalue weighted by Gasteiger charge is -2.01. The van der Waals surface area contributed by atoms with Crippen LogP contribution in [-0.4, -0.2) is 21.9 Å². The molecule has 2 heterocycles. The van der Waals surface area contributed by atoms with E-state index in [0.29, 0.717) is 5.57 Å². The van der Waals surface area contributed by atoms with E-state index in [9.17, 15) is 5.26 Å². The minimum Gasteiger partial charge on any atom is -0.497 e. The van der Waals surface area contributed by atoms with Gasteiger partial charge in [-0.3, -0.25) is 4.68 Å². The molecule has 0 aliphatic carbocycles. The molecule has 0 saturated heterocycles. The summed E-state index contributed by atoms with van der Waals surface area (Å²) in [6.45, 7) is 0. The number of aromatic nitrogens is 3. The van der Waals surface area contributed by atoms with Crippen LogP contribution in [0.4, 0.5) is 0 Å². The number of ether oxygens (including phenoxy) is 1. The number of hydrogen-bond donors (Lipinski definition) is 1. The minimum atomic E-state index is 0.586. The molecule has 1 N–H and O–H groups in total. The molecule has 0 saturated carbocycles. The topological polar surface area (TPSA) is 66.6 Å². The Morgan fingerprint density at radius 1 is 1.48 bits per heavy atom. The summed E-state index contributed by atoms with van der Waals surface area (Å²) in [6, 6.07) is 8.01. The van der Waals surface area contributed by atoms with Crippen LogP contribution in [0.25, 0.3) is 22.6 Å². The number of aromatic amines is 1. The summed E-state index contributed by atoms with van der Waals surface area (Å²) in [6.07, 6.45) is 7.27. The van der Waals surface area contributed by atoms with E-state index >= 15 is 0 Å². The number of nitrogens with zero attached hydrogens (tertiary/aromatic N) is 3. The van der Waals surface area contributed by atoms with E-state index in [1.807, 2.05) is 43.7 Å². The van der Waals surface area contributed by atoms with Crippen molar-refractivity contribution in [3.8, 4) is 11.8 Å². The van der Waals surface area contributed by atoms with Crippen molar-refractivity contribution in [2.75, 3.05) is 7.11 Å². The highest BCUT2D eigenvalue weighted by Gasteiger charge is 2.10. The first-order chi connectivity index (χ1) is 10.2. The number of allylic oxidation sites excluding steroid dienone is 1. The SMILES string of the molecule is COc1ccc2[nH]cc(C(C#N)=Cc3cnn(C)c3)c2c1. The first-order valence-electron chi connectivity index (χ1n) is 6.47. The van der Waals surface area contributed by atoms with Gasteiger partial charge in [0.25, 0.3) is 0 Å². The Kier molecular flexibility index (Phi) is 3.20. The zero-order valence-electron chi connectivity index (χ0n) is 11.8. The lowest BCUT2D eigenvalue weighted by Crippen LogP contribution is -1.84. The van der Waals surface area contributed by atoms with Crippen LogP contribution in [0.1, 0.15) is 11.1 Å². The highest BCUT2D eigenvalue weighted by Crippen LogP contribution is 2.29. The number of aryl methyl sites for hydroxylation is 1. The maximum absolute atomic E-state index is 9.46. The predicted molar refractivity (Wildman–Crippen MR) is 81.5 cm³/mol. The highest BCUT2D eigenvalue weighted by atomic mass is 16.5. The van der Waals surface area contributed by atoms with E-state index in [1.165, 1.54) is 0 Å². The molecular weight excluding hydrogens is 264 g/mol. The molecule has 3 aromatic rings. The molecule has 104 valence electrons. The summed E-state index contributed by atoms with van der Waals surface area (Å²) in [7, 11) is 3.48. The van der Waals surface area contributed by atoms with Crippen LogP contribution in [0, 0.1) is 11.3 Å². The molecule has 0 bridgehead atoms. The minimum absolute atomic E-state index is 0.586. The molecule has 0 aliphatic heterocycles. The highest BCUT2D eigenvalue weighted by molar-refractivity contribution is 6.01. The van der Waals surface area contributed by atoms with Gasteiger partial charge in [-0.15, -0.1) is 0 Å². The molecule has 21 heavy (non-hydrogen) atoms. The van der Waals surface area contributed by atoms with E-state index in [-0.39, 0.29) is 0 Å². The molecule has 0 spiro atoms. The number of benzene rings is 1. The molecule has 5 heteroatoms. The summed E-state index contributed by atoms with van der Waals surface area (Å²) in [5.74, 6) is 0.766. The Labute approximate surface area is 122 Å². The number of nitriles is 1. The van der Waals surface area contributed by atoms with Crippen LogP contribution in [0.5, 0.6) is 5.75 Å². The van der Waals surface area contributed by atoms with E-state index in [1.54, 1.807) is 18.0 Å².